The van der Waals surface area contributed by atoms with Crippen LogP contribution in [0.2, 0.25) is 0 Å². The monoisotopic (exact) mass is 923 g/mol. The molecule has 1 heterocycles. The van der Waals surface area contributed by atoms with Crippen molar-refractivity contribution in [2.45, 2.75) is 288 Å². The molecule has 1 aliphatic rings. The van der Waals surface area contributed by atoms with Crippen LogP contribution in [0.5, 0.6) is 0 Å². The third-order valence-corrected chi connectivity index (χ3v) is 12.5. The van der Waals surface area contributed by atoms with Gasteiger partial charge in [-0.15, -0.1) is 0 Å². The summed E-state index contributed by atoms with van der Waals surface area (Å²) in [6.07, 6.45) is 42.3. The van der Waals surface area contributed by atoms with Crippen molar-refractivity contribution >= 4 is 17.9 Å². The topological polar surface area (TPSA) is 169 Å². The lowest BCUT2D eigenvalue weighted by molar-refractivity contribution is -0.298. The molecule has 0 aromatic carbocycles. The van der Waals surface area contributed by atoms with Gasteiger partial charge >= 0.3 is 17.9 Å². The first-order chi connectivity index (χ1) is 31.7. The van der Waals surface area contributed by atoms with Crippen molar-refractivity contribution in [1.29, 1.82) is 0 Å². The lowest BCUT2D eigenvalue weighted by Gasteiger charge is -2.38. The Morgan fingerprint density at radius 2 is 0.815 bits per heavy atom. The second kappa shape index (κ2) is 44.2. The maximum absolute atomic E-state index is 12.8. The molecule has 1 saturated heterocycles. The minimum Gasteiger partial charge on any atom is -0.479 e. The summed E-state index contributed by atoms with van der Waals surface area (Å²) in [5.74, 6) is -2.44. The molecule has 65 heavy (non-hydrogen) atoms. The van der Waals surface area contributed by atoms with Crippen LogP contribution < -0.4 is 0 Å². The van der Waals surface area contributed by atoms with Crippen LogP contribution in [0.3, 0.4) is 0 Å². The molecule has 0 amide bonds. The van der Waals surface area contributed by atoms with Gasteiger partial charge in [-0.2, -0.15) is 0 Å². The van der Waals surface area contributed by atoms with E-state index in [0.29, 0.717) is 12.8 Å². The van der Waals surface area contributed by atoms with E-state index >= 15 is 0 Å². The van der Waals surface area contributed by atoms with E-state index in [1.54, 1.807) is 0 Å². The summed E-state index contributed by atoms with van der Waals surface area (Å²) in [4.78, 5) is 37.0. The van der Waals surface area contributed by atoms with Crippen LogP contribution in [0, 0.1) is 0 Å². The number of carboxylic acids is 1. The minimum absolute atomic E-state index is 0.180. The maximum Gasteiger partial charge on any atom is 0.335 e. The summed E-state index contributed by atoms with van der Waals surface area (Å²) in [7, 11) is 0. The number of ether oxygens (including phenoxy) is 4. The Morgan fingerprint density at radius 3 is 1.20 bits per heavy atom. The van der Waals surface area contributed by atoms with Gasteiger partial charge in [0, 0.05) is 12.8 Å². The fourth-order valence-corrected chi connectivity index (χ4v) is 8.28. The molecular formula is C54H98O11. The van der Waals surface area contributed by atoms with Crippen molar-refractivity contribution in [2.75, 3.05) is 13.2 Å². The predicted octanol–water partition coefficient (Wildman–Crippen LogP) is 12.9. The zero-order valence-electron chi connectivity index (χ0n) is 41.5. The first-order valence-electron chi connectivity index (χ1n) is 26.9. The summed E-state index contributed by atoms with van der Waals surface area (Å²) in [6.45, 7) is 3.84. The van der Waals surface area contributed by atoms with Crippen molar-refractivity contribution in [3.05, 3.63) is 24.3 Å². The molecule has 380 valence electrons. The summed E-state index contributed by atoms with van der Waals surface area (Å²) in [5, 5.41) is 40.0. The van der Waals surface area contributed by atoms with E-state index in [4.69, 9.17) is 18.9 Å². The molecule has 1 fully saturated rings. The minimum atomic E-state index is -1.86. The van der Waals surface area contributed by atoms with Gasteiger partial charge in [0.2, 0.25) is 0 Å². The van der Waals surface area contributed by atoms with E-state index in [9.17, 15) is 34.8 Å². The van der Waals surface area contributed by atoms with Crippen LogP contribution >= 0.6 is 0 Å². The number of carboxylic acid groups (broad SMARTS) is 1. The van der Waals surface area contributed by atoms with Crippen LogP contribution in [0.4, 0.5) is 0 Å². The van der Waals surface area contributed by atoms with Crippen molar-refractivity contribution in [3.8, 4) is 0 Å². The Kier molecular flexibility index (Phi) is 41.3. The summed E-state index contributed by atoms with van der Waals surface area (Å²) >= 11 is 0. The molecule has 0 spiro atoms. The van der Waals surface area contributed by atoms with E-state index in [2.05, 4.69) is 38.2 Å². The predicted molar refractivity (Wildman–Crippen MR) is 262 cm³/mol. The van der Waals surface area contributed by atoms with E-state index in [1.165, 1.54) is 167 Å². The van der Waals surface area contributed by atoms with E-state index in [0.717, 1.165) is 44.9 Å². The summed E-state index contributed by atoms with van der Waals surface area (Å²) < 4.78 is 21.8. The Bertz CT molecular complexity index is 1180. The van der Waals surface area contributed by atoms with Gasteiger partial charge in [0.1, 0.15) is 24.9 Å². The zero-order valence-corrected chi connectivity index (χ0v) is 41.5. The maximum atomic E-state index is 12.8. The molecule has 6 unspecified atom stereocenters. The molecule has 0 saturated carbocycles. The number of aliphatic hydroxyl groups is 3. The van der Waals surface area contributed by atoms with Crippen molar-refractivity contribution in [1.82, 2.24) is 0 Å². The van der Waals surface area contributed by atoms with Crippen LogP contribution in [0.15, 0.2) is 24.3 Å². The fourth-order valence-electron chi connectivity index (χ4n) is 8.28. The van der Waals surface area contributed by atoms with Gasteiger partial charge in [-0.25, -0.2) is 4.79 Å². The number of allylic oxidation sites excluding steroid dienone is 4. The number of hydrogen-bond acceptors (Lipinski definition) is 10. The molecule has 4 N–H and O–H groups in total. The van der Waals surface area contributed by atoms with Crippen LogP contribution in [0.1, 0.15) is 251 Å². The van der Waals surface area contributed by atoms with E-state index in [-0.39, 0.29) is 26.1 Å². The van der Waals surface area contributed by atoms with Gasteiger partial charge in [-0.1, -0.05) is 199 Å². The van der Waals surface area contributed by atoms with E-state index in [1.807, 2.05) is 0 Å². The zero-order chi connectivity index (χ0) is 47.4. The van der Waals surface area contributed by atoms with Gasteiger partial charge in [0.25, 0.3) is 0 Å². The summed E-state index contributed by atoms with van der Waals surface area (Å²) in [5.41, 5.74) is 0. The molecule has 0 radical (unpaired) electrons. The number of unbranched alkanes of at least 4 members (excludes halogenated alkanes) is 31. The standard InChI is InChI=1S/C54H98O11/c1-3-5-7-9-11-13-15-17-19-21-23-24-25-27-28-30-32-34-36-38-40-42-47(55)62-44-46(45-63-54-51(59)49(57)50(58)52(65-54)53(60)61)64-48(56)43-41-39-37-35-33-31-29-26-22-20-18-16-14-12-10-8-6-4-2/h20-23,46,49-52,54,57-59H,3-19,24-45H2,1-2H3,(H,60,61)/b22-20-,23-21-. The molecule has 0 aliphatic carbocycles. The van der Waals surface area contributed by atoms with Crippen LogP contribution in [-0.2, 0) is 33.3 Å². The average molecular weight is 923 g/mol. The lowest BCUT2D eigenvalue weighted by Crippen LogP contribution is -2.60. The molecule has 1 aliphatic heterocycles. The van der Waals surface area contributed by atoms with Gasteiger partial charge in [0.15, 0.2) is 18.5 Å². The van der Waals surface area contributed by atoms with Gasteiger partial charge in [-0.05, 0) is 64.2 Å². The average Bonchev–Trinajstić information content (AvgIpc) is 3.29. The Labute approximate surface area is 396 Å². The first kappa shape index (κ1) is 60.7. The van der Waals surface area contributed by atoms with Crippen LogP contribution in [0.25, 0.3) is 0 Å². The molecule has 0 bridgehead atoms. The normalized spacial score (nSPS) is 19.3. The Balaban J connectivity index is 2.27. The molecule has 6 atom stereocenters. The summed E-state index contributed by atoms with van der Waals surface area (Å²) in [6, 6.07) is 0. The molecular weight excluding hydrogens is 825 g/mol. The van der Waals surface area contributed by atoms with Crippen molar-refractivity contribution in [2.24, 2.45) is 0 Å². The SMILES string of the molecule is CCCCCCCCC/C=C\CCCCCCCCCC(=O)OC(COC(=O)CCCCCCCCCCC/C=C\CCCCCCCCCC)COC1OC(C(=O)O)C(O)C(O)C1O. The molecule has 0 aromatic rings. The van der Waals surface area contributed by atoms with Gasteiger partial charge in [0.05, 0.1) is 6.61 Å². The number of carbonyl (C=O) groups is 3. The third kappa shape index (κ3) is 35.5. The second-order valence-electron chi connectivity index (χ2n) is 18.7. The number of esters is 2. The molecule has 11 nitrogen and oxygen atoms in total. The number of rotatable bonds is 46. The Hall–Kier alpha value is -2.31. The van der Waals surface area contributed by atoms with Gasteiger partial charge in [-0.3, -0.25) is 9.59 Å². The highest BCUT2D eigenvalue weighted by Crippen LogP contribution is 2.23. The third-order valence-electron chi connectivity index (χ3n) is 12.5. The first-order valence-corrected chi connectivity index (χ1v) is 26.9. The smallest absolute Gasteiger partial charge is 0.335 e. The quantitative estimate of drug-likeness (QED) is 0.0260. The second-order valence-corrected chi connectivity index (χ2v) is 18.7. The molecule has 1 rings (SSSR count). The number of hydrogen-bond donors (Lipinski definition) is 4. The number of carbonyl (C=O) groups excluding carboxylic acids is 2. The highest BCUT2D eigenvalue weighted by atomic mass is 16.7. The highest BCUT2D eigenvalue weighted by Gasteiger charge is 2.47. The lowest BCUT2D eigenvalue weighted by atomic mass is 9.99. The molecule has 0 aromatic heterocycles. The van der Waals surface area contributed by atoms with Crippen molar-refractivity contribution in [3.63, 3.8) is 0 Å². The van der Waals surface area contributed by atoms with Crippen molar-refractivity contribution < 1.29 is 53.8 Å². The largest absolute Gasteiger partial charge is 0.479 e. The van der Waals surface area contributed by atoms with Crippen LogP contribution in [-0.4, -0.2) is 88.4 Å². The highest BCUT2D eigenvalue weighted by molar-refractivity contribution is 5.73. The fraction of sp³-hybridized carbons (Fsp3) is 0.870. The number of aliphatic carboxylic acids is 1. The molecule has 11 heteroatoms. The van der Waals surface area contributed by atoms with E-state index < -0.39 is 54.7 Å². The Morgan fingerprint density at radius 1 is 0.462 bits per heavy atom. The number of aliphatic hydroxyl groups excluding tert-OH is 3. The van der Waals surface area contributed by atoms with Gasteiger partial charge < -0.3 is 39.4 Å².